The second kappa shape index (κ2) is 4.37. The molecule has 0 aliphatic heterocycles. The minimum absolute atomic E-state index is 0.271. The van der Waals surface area contributed by atoms with Gasteiger partial charge in [-0.3, -0.25) is 4.79 Å². The molecule has 1 atom stereocenters. The van der Waals surface area contributed by atoms with Crippen molar-refractivity contribution in [1.82, 2.24) is 0 Å². The lowest BCUT2D eigenvalue weighted by atomic mass is 9.97. The number of carbonyl (C=O) groups is 1. The van der Waals surface area contributed by atoms with Crippen LogP contribution in [0.15, 0.2) is 60.2 Å². The average molecular weight is 251 g/mol. The van der Waals surface area contributed by atoms with Crippen molar-refractivity contribution in [3.05, 3.63) is 76.9 Å². The number of benzene rings is 2. The number of aliphatic hydroxyl groups excluding tert-OH is 1. The van der Waals surface area contributed by atoms with Crippen LogP contribution in [-0.4, -0.2) is 11.0 Å². The van der Waals surface area contributed by atoms with Crippen molar-refractivity contribution < 1.29 is 9.90 Å². The smallest absolute Gasteiger partial charge is 0.248 e. The molecule has 3 N–H and O–H groups in total. The molecule has 2 aromatic carbocycles. The predicted octanol–water partition coefficient (Wildman–Crippen LogP) is 2.02. The van der Waals surface area contributed by atoms with Gasteiger partial charge in [-0.05, 0) is 16.7 Å². The maximum atomic E-state index is 11.7. The van der Waals surface area contributed by atoms with E-state index in [4.69, 9.17) is 5.73 Å². The van der Waals surface area contributed by atoms with Gasteiger partial charge in [-0.1, -0.05) is 54.6 Å². The normalized spacial score (nSPS) is 17.4. The molecular formula is C16H13NO2. The second-order valence-electron chi connectivity index (χ2n) is 4.51. The zero-order chi connectivity index (χ0) is 13.4. The van der Waals surface area contributed by atoms with Crippen molar-refractivity contribution in [2.75, 3.05) is 0 Å². The summed E-state index contributed by atoms with van der Waals surface area (Å²) in [4.78, 5) is 11.7. The third kappa shape index (κ3) is 1.75. The topological polar surface area (TPSA) is 63.3 Å². The van der Waals surface area contributed by atoms with Gasteiger partial charge in [-0.25, -0.2) is 0 Å². The lowest BCUT2D eigenvalue weighted by Gasteiger charge is -2.07. The monoisotopic (exact) mass is 251 g/mol. The Labute approximate surface area is 111 Å². The van der Waals surface area contributed by atoms with Crippen molar-refractivity contribution in [3.8, 4) is 0 Å². The van der Waals surface area contributed by atoms with Crippen LogP contribution in [0.4, 0.5) is 0 Å². The zero-order valence-corrected chi connectivity index (χ0v) is 10.2. The van der Waals surface area contributed by atoms with E-state index in [0.29, 0.717) is 0 Å². The number of amides is 1. The molecule has 1 aliphatic rings. The van der Waals surface area contributed by atoms with E-state index in [1.165, 1.54) is 0 Å². The van der Waals surface area contributed by atoms with E-state index in [1.807, 2.05) is 54.6 Å². The van der Waals surface area contributed by atoms with E-state index < -0.39 is 12.0 Å². The first-order valence-corrected chi connectivity index (χ1v) is 6.07. The number of hydrogen-bond donors (Lipinski definition) is 2. The van der Waals surface area contributed by atoms with Gasteiger partial charge < -0.3 is 10.8 Å². The molecule has 0 radical (unpaired) electrons. The van der Waals surface area contributed by atoms with E-state index in [2.05, 4.69) is 0 Å². The fraction of sp³-hybridized carbons (Fsp3) is 0.0625. The third-order valence-electron chi connectivity index (χ3n) is 3.40. The van der Waals surface area contributed by atoms with Gasteiger partial charge in [0.1, 0.15) is 6.10 Å². The highest BCUT2D eigenvalue weighted by Gasteiger charge is 2.33. The van der Waals surface area contributed by atoms with Gasteiger partial charge in [-0.2, -0.15) is 0 Å². The molecule has 2 aromatic rings. The molecule has 0 fully saturated rings. The lowest BCUT2D eigenvalue weighted by molar-refractivity contribution is -0.115. The van der Waals surface area contributed by atoms with Crippen LogP contribution >= 0.6 is 0 Å². The minimum atomic E-state index is -0.941. The molecule has 19 heavy (non-hydrogen) atoms. The Balaban J connectivity index is 2.30. The molecule has 3 nitrogen and oxygen atoms in total. The summed E-state index contributed by atoms with van der Waals surface area (Å²) in [7, 11) is 0. The van der Waals surface area contributed by atoms with E-state index in [9.17, 15) is 9.90 Å². The number of rotatable bonds is 2. The van der Waals surface area contributed by atoms with E-state index in [-0.39, 0.29) is 5.57 Å². The number of nitrogens with two attached hydrogens (primary N) is 1. The third-order valence-corrected chi connectivity index (χ3v) is 3.40. The van der Waals surface area contributed by atoms with Crippen molar-refractivity contribution >= 4 is 11.5 Å². The molecule has 3 heteroatoms. The molecule has 0 aromatic heterocycles. The Morgan fingerprint density at radius 2 is 1.63 bits per heavy atom. The van der Waals surface area contributed by atoms with Crippen LogP contribution < -0.4 is 5.73 Å². The van der Waals surface area contributed by atoms with Gasteiger partial charge in [0.15, 0.2) is 0 Å². The van der Waals surface area contributed by atoms with Crippen LogP contribution in [0.2, 0.25) is 0 Å². The first-order valence-electron chi connectivity index (χ1n) is 6.07. The Morgan fingerprint density at radius 1 is 1.00 bits per heavy atom. The number of fused-ring (bicyclic) bond motifs is 1. The lowest BCUT2D eigenvalue weighted by Crippen LogP contribution is -2.18. The van der Waals surface area contributed by atoms with E-state index in [1.54, 1.807) is 0 Å². The summed E-state index contributed by atoms with van der Waals surface area (Å²) in [5, 5.41) is 10.3. The summed E-state index contributed by atoms with van der Waals surface area (Å²) >= 11 is 0. The van der Waals surface area contributed by atoms with E-state index in [0.717, 1.165) is 22.3 Å². The SMILES string of the molecule is NC(=O)C1=C(c2ccccc2)c2ccccc2C1O. The fourth-order valence-electron chi connectivity index (χ4n) is 2.57. The molecule has 94 valence electrons. The number of primary amides is 1. The van der Waals surface area contributed by atoms with Gasteiger partial charge in [0, 0.05) is 5.57 Å². The van der Waals surface area contributed by atoms with Gasteiger partial charge >= 0.3 is 0 Å². The predicted molar refractivity (Wildman–Crippen MR) is 73.1 cm³/mol. The Hall–Kier alpha value is -2.39. The van der Waals surface area contributed by atoms with Gasteiger partial charge in [0.2, 0.25) is 5.91 Å². The van der Waals surface area contributed by atoms with Crippen LogP contribution in [0.5, 0.6) is 0 Å². The molecule has 0 saturated heterocycles. The van der Waals surface area contributed by atoms with Crippen molar-refractivity contribution in [2.24, 2.45) is 5.73 Å². The summed E-state index contributed by atoms with van der Waals surface area (Å²) < 4.78 is 0. The van der Waals surface area contributed by atoms with Crippen LogP contribution in [0.1, 0.15) is 22.8 Å². The highest BCUT2D eigenvalue weighted by molar-refractivity contribution is 6.07. The van der Waals surface area contributed by atoms with Crippen LogP contribution in [0.3, 0.4) is 0 Å². The molecular weight excluding hydrogens is 238 g/mol. The fourth-order valence-corrected chi connectivity index (χ4v) is 2.57. The highest BCUT2D eigenvalue weighted by Crippen LogP contribution is 2.43. The Bertz CT molecular complexity index is 674. The molecule has 0 spiro atoms. The van der Waals surface area contributed by atoms with Crippen molar-refractivity contribution in [2.45, 2.75) is 6.10 Å². The molecule has 3 rings (SSSR count). The minimum Gasteiger partial charge on any atom is -0.383 e. The largest absolute Gasteiger partial charge is 0.383 e. The summed E-state index contributed by atoms with van der Waals surface area (Å²) in [6.07, 6.45) is -0.941. The van der Waals surface area contributed by atoms with Crippen LogP contribution in [-0.2, 0) is 4.79 Å². The molecule has 0 saturated carbocycles. The first kappa shape index (κ1) is 11.7. The number of carbonyl (C=O) groups excluding carboxylic acids is 1. The van der Waals surface area contributed by atoms with E-state index >= 15 is 0 Å². The first-order chi connectivity index (χ1) is 9.20. The summed E-state index contributed by atoms with van der Waals surface area (Å²) in [6, 6.07) is 17.0. The van der Waals surface area contributed by atoms with Crippen molar-refractivity contribution in [1.29, 1.82) is 0 Å². The quantitative estimate of drug-likeness (QED) is 0.857. The van der Waals surface area contributed by atoms with Crippen LogP contribution in [0, 0.1) is 0 Å². The molecule has 0 heterocycles. The maximum Gasteiger partial charge on any atom is 0.248 e. The van der Waals surface area contributed by atoms with Crippen molar-refractivity contribution in [3.63, 3.8) is 0 Å². The second-order valence-corrected chi connectivity index (χ2v) is 4.51. The summed E-state index contributed by atoms with van der Waals surface area (Å²) in [6.45, 7) is 0. The number of hydrogen-bond acceptors (Lipinski definition) is 2. The number of aliphatic hydroxyl groups is 1. The molecule has 1 amide bonds. The average Bonchev–Trinajstić information content (AvgIpc) is 2.74. The van der Waals surface area contributed by atoms with Gasteiger partial charge in [0.05, 0.1) is 5.57 Å². The van der Waals surface area contributed by atoms with Gasteiger partial charge in [0.25, 0.3) is 0 Å². The standard InChI is InChI=1S/C16H13NO2/c17-16(19)14-13(10-6-2-1-3-7-10)11-8-4-5-9-12(11)15(14)18/h1-9,15,18H,(H2,17,19). The molecule has 1 aliphatic carbocycles. The Kier molecular flexibility index (Phi) is 2.69. The van der Waals surface area contributed by atoms with Gasteiger partial charge in [-0.15, -0.1) is 0 Å². The summed E-state index contributed by atoms with van der Waals surface area (Å²) in [5.74, 6) is -0.581. The zero-order valence-electron chi connectivity index (χ0n) is 10.2. The molecule has 0 bridgehead atoms. The summed E-state index contributed by atoms with van der Waals surface area (Å²) in [5.41, 5.74) is 8.93. The molecule has 1 unspecified atom stereocenters. The Morgan fingerprint density at radius 3 is 2.32 bits per heavy atom. The highest BCUT2D eigenvalue weighted by atomic mass is 16.3. The maximum absolute atomic E-state index is 11.7. The van der Waals surface area contributed by atoms with Crippen LogP contribution in [0.25, 0.3) is 5.57 Å².